The summed E-state index contributed by atoms with van der Waals surface area (Å²) in [6.45, 7) is 6.42. The van der Waals surface area contributed by atoms with Crippen molar-refractivity contribution < 1.29 is 28.6 Å². The van der Waals surface area contributed by atoms with Crippen molar-refractivity contribution in [3.8, 4) is 0 Å². The van der Waals surface area contributed by atoms with Crippen LogP contribution in [0.25, 0.3) is 0 Å². The van der Waals surface area contributed by atoms with E-state index in [1.165, 1.54) is 128 Å². The van der Waals surface area contributed by atoms with Crippen LogP contribution in [0.5, 0.6) is 0 Å². The fourth-order valence-electron chi connectivity index (χ4n) is 9.26. The summed E-state index contributed by atoms with van der Waals surface area (Å²) in [5, 5.41) is 0. The van der Waals surface area contributed by atoms with E-state index in [1.54, 1.807) is 0 Å². The van der Waals surface area contributed by atoms with E-state index in [1.807, 2.05) is 0 Å². The van der Waals surface area contributed by atoms with Crippen LogP contribution >= 0.6 is 0 Å². The Morgan fingerprint density at radius 1 is 0.263 bits per heavy atom. The first-order valence-electron chi connectivity index (χ1n) is 33.5. The fourth-order valence-corrected chi connectivity index (χ4v) is 9.26. The minimum absolute atomic E-state index is 0.0904. The smallest absolute Gasteiger partial charge is 0.306 e. The number of allylic oxidation sites excluding steroid dienone is 20. The van der Waals surface area contributed by atoms with Gasteiger partial charge in [-0.3, -0.25) is 14.4 Å². The predicted octanol–water partition coefficient (Wildman–Crippen LogP) is 23.2. The first-order valence-corrected chi connectivity index (χ1v) is 33.5. The normalized spacial score (nSPS) is 12.9. The fraction of sp³-hybridized carbons (Fsp3) is 0.689. The van der Waals surface area contributed by atoms with E-state index >= 15 is 0 Å². The number of hydrogen-bond donors (Lipinski definition) is 0. The van der Waals surface area contributed by atoms with Crippen LogP contribution in [0.15, 0.2) is 122 Å². The van der Waals surface area contributed by atoms with Gasteiger partial charge in [0.25, 0.3) is 0 Å². The zero-order valence-corrected chi connectivity index (χ0v) is 52.3. The van der Waals surface area contributed by atoms with Crippen molar-refractivity contribution in [1.29, 1.82) is 0 Å². The van der Waals surface area contributed by atoms with E-state index in [9.17, 15) is 14.4 Å². The van der Waals surface area contributed by atoms with Crippen molar-refractivity contribution in [2.45, 2.75) is 316 Å². The second-order valence-electron chi connectivity index (χ2n) is 22.0. The third-order valence-electron chi connectivity index (χ3n) is 14.2. The monoisotopic (exact) mass is 1110 g/mol. The molecule has 0 heterocycles. The molecule has 0 rings (SSSR count). The number of hydrogen-bond acceptors (Lipinski definition) is 6. The maximum atomic E-state index is 12.9. The van der Waals surface area contributed by atoms with Crippen LogP contribution in [0, 0.1) is 0 Å². The molecular formula is C74H124O6. The van der Waals surface area contributed by atoms with E-state index in [2.05, 4.69) is 142 Å². The number of esters is 3. The predicted molar refractivity (Wildman–Crippen MR) is 348 cm³/mol. The Labute approximate surface area is 494 Å². The quantitative estimate of drug-likeness (QED) is 0.0261. The Kier molecular flexibility index (Phi) is 63.8. The first kappa shape index (κ1) is 75.8. The molecule has 80 heavy (non-hydrogen) atoms. The van der Waals surface area contributed by atoms with Crippen LogP contribution in [0.1, 0.15) is 310 Å². The SMILES string of the molecule is CC/C=C\C/C=C\C/C=C\C/C=C\C/C=C\C/C=C\CCCCCCCCCCC(=O)OCC(COC(=O)CCCCCC/C=C\C/C=C\C/C=C\C/C=C\CC)OC(=O)CCCCCCCCCCCCCCCCCCCC. The zero-order valence-electron chi connectivity index (χ0n) is 52.3. The van der Waals surface area contributed by atoms with Gasteiger partial charge in [0.15, 0.2) is 6.10 Å². The second kappa shape index (κ2) is 67.3. The molecule has 1 atom stereocenters. The average Bonchev–Trinajstić information content (AvgIpc) is 3.46. The Hall–Kier alpha value is -4.19. The minimum atomic E-state index is -0.795. The standard InChI is InChI=1S/C74H124O6/c1-4-7-10-13-16-19-22-25-28-31-33-34-35-36-37-38-39-40-41-44-46-49-52-55-58-61-64-67-73(76)79-70-71(69-78-72(75)66-63-60-57-54-51-48-45-42-30-27-24-21-18-15-12-9-6-3)80-74(77)68-65-62-59-56-53-50-47-43-32-29-26-23-20-17-14-11-8-5-2/h7,9-10,12,16,18-19,21,25,27-28,30,33-34,36-37,39-40,45,48,71H,4-6,8,11,13-15,17,20,22-24,26,29,31-32,35,38,41-44,46-47,49-70H2,1-3H3/b10-7-,12-9-,19-16-,21-18-,28-25-,30-27-,34-33-,37-36-,40-39-,48-45-. The topological polar surface area (TPSA) is 78.9 Å². The first-order chi connectivity index (χ1) is 39.5. The molecule has 0 amide bonds. The Morgan fingerprint density at radius 2 is 0.487 bits per heavy atom. The molecule has 0 aromatic heterocycles. The summed E-state index contributed by atoms with van der Waals surface area (Å²) in [5.41, 5.74) is 0. The van der Waals surface area contributed by atoms with Gasteiger partial charge in [0.2, 0.25) is 0 Å². The highest BCUT2D eigenvalue weighted by atomic mass is 16.6. The molecule has 0 aliphatic heterocycles. The average molecular weight is 1110 g/mol. The molecule has 0 aromatic rings. The van der Waals surface area contributed by atoms with Gasteiger partial charge < -0.3 is 14.2 Å². The summed E-state index contributed by atoms with van der Waals surface area (Å²) in [4.78, 5) is 38.4. The summed E-state index contributed by atoms with van der Waals surface area (Å²) in [6, 6.07) is 0. The lowest BCUT2D eigenvalue weighted by Crippen LogP contribution is -2.30. The molecule has 1 unspecified atom stereocenters. The summed E-state index contributed by atoms with van der Waals surface area (Å²) in [5.74, 6) is -0.911. The summed E-state index contributed by atoms with van der Waals surface area (Å²) >= 11 is 0. The second-order valence-corrected chi connectivity index (χ2v) is 22.0. The lowest BCUT2D eigenvalue weighted by Gasteiger charge is -2.18. The molecule has 0 saturated heterocycles. The van der Waals surface area contributed by atoms with Gasteiger partial charge in [0.05, 0.1) is 0 Å². The van der Waals surface area contributed by atoms with E-state index in [4.69, 9.17) is 14.2 Å². The number of carbonyl (C=O) groups is 3. The Morgan fingerprint density at radius 3 is 0.762 bits per heavy atom. The summed E-state index contributed by atoms with van der Waals surface area (Å²) in [6.07, 6.45) is 93.5. The third kappa shape index (κ3) is 64.6. The van der Waals surface area contributed by atoms with Gasteiger partial charge in [-0.05, 0) is 109 Å². The van der Waals surface area contributed by atoms with E-state index in [0.29, 0.717) is 19.3 Å². The summed E-state index contributed by atoms with van der Waals surface area (Å²) in [7, 11) is 0. The molecule has 0 aliphatic rings. The van der Waals surface area contributed by atoms with Gasteiger partial charge in [-0.1, -0.05) is 303 Å². The molecule has 0 aliphatic carbocycles. The number of rotatable bonds is 60. The lowest BCUT2D eigenvalue weighted by molar-refractivity contribution is -0.167. The van der Waals surface area contributed by atoms with E-state index < -0.39 is 6.10 Å². The number of ether oxygens (including phenoxy) is 3. The molecule has 0 aromatic carbocycles. The summed E-state index contributed by atoms with van der Waals surface area (Å²) < 4.78 is 16.9. The largest absolute Gasteiger partial charge is 0.462 e. The van der Waals surface area contributed by atoms with Crippen LogP contribution in [0.3, 0.4) is 0 Å². The molecule has 6 nitrogen and oxygen atoms in total. The van der Waals surface area contributed by atoms with Crippen LogP contribution < -0.4 is 0 Å². The third-order valence-corrected chi connectivity index (χ3v) is 14.2. The zero-order chi connectivity index (χ0) is 57.8. The molecule has 0 spiro atoms. The van der Waals surface area contributed by atoms with Crippen molar-refractivity contribution in [1.82, 2.24) is 0 Å². The molecule has 456 valence electrons. The van der Waals surface area contributed by atoms with Gasteiger partial charge in [-0.25, -0.2) is 0 Å². The molecular weight excluding hydrogens is 985 g/mol. The van der Waals surface area contributed by atoms with Gasteiger partial charge in [-0.2, -0.15) is 0 Å². The molecule has 0 N–H and O–H groups in total. The van der Waals surface area contributed by atoms with Crippen molar-refractivity contribution in [3.63, 3.8) is 0 Å². The highest BCUT2D eigenvalue weighted by Crippen LogP contribution is 2.17. The van der Waals surface area contributed by atoms with Crippen LogP contribution in [-0.2, 0) is 28.6 Å². The van der Waals surface area contributed by atoms with Crippen molar-refractivity contribution in [3.05, 3.63) is 122 Å². The van der Waals surface area contributed by atoms with Gasteiger partial charge in [0, 0.05) is 19.3 Å². The minimum Gasteiger partial charge on any atom is -0.462 e. The van der Waals surface area contributed by atoms with Crippen LogP contribution in [0.4, 0.5) is 0 Å². The number of unbranched alkanes of at least 4 members (excludes halogenated alkanes) is 29. The maximum absolute atomic E-state index is 12.9. The van der Waals surface area contributed by atoms with Crippen LogP contribution in [-0.4, -0.2) is 37.2 Å². The molecule has 6 heteroatoms. The highest BCUT2D eigenvalue weighted by Gasteiger charge is 2.19. The molecule has 0 saturated carbocycles. The van der Waals surface area contributed by atoms with E-state index in [-0.39, 0.29) is 31.1 Å². The Balaban J connectivity index is 4.39. The molecule has 0 fully saturated rings. The molecule has 0 radical (unpaired) electrons. The number of carbonyl (C=O) groups excluding carboxylic acids is 3. The Bertz CT molecular complexity index is 1650. The lowest BCUT2D eigenvalue weighted by atomic mass is 10.0. The van der Waals surface area contributed by atoms with Crippen molar-refractivity contribution >= 4 is 17.9 Å². The van der Waals surface area contributed by atoms with Gasteiger partial charge in [0.1, 0.15) is 13.2 Å². The highest BCUT2D eigenvalue weighted by molar-refractivity contribution is 5.71. The molecule has 0 bridgehead atoms. The van der Waals surface area contributed by atoms with Gasteiger partial charge >= 0.3 is 17.9 Å². The van der Waals surface area contributed by atoms with Crippen molar-refractivity contribution in [2.75, 3.05) is 13.2 Å². The van der Waals surface area contributed by atoms with Gasteiger partial charge in [-0.15, -0.1) is 0 Å². The van der Waals surface area contributed by atoms with Crippen molar-refractivity contribution in [2.24, 2.45) is 0 Å². The van der Waals surface area contributed by atoms with E-state index in [0.717, 1.165) is 141 Å². The van der Waals surface area contributed by atoms with Crippen LogP contribution in [0.2, 0.25) is 0 Å². The maximum Gasteiger partial charge on any atom is 0.306 e.